The van der Waals surface area contributed by atoms with Gasteiger partial charge in [0.25, 0.3) is 5.69 Å². The number of nitro groups is 1. The number of aromatic nitrogens is 1. The van der Waals surface area contributed by atoms with Crippen LogP contribution in [-0.2, 0) is 11.2 Å². The van der Waals surface area contributed by atoms with Crippen LogP contribution >= 0.6 is 0 Å². The summed E-state index contributed by atoms with van der Waals surface area (Å²) >= 11 is 0. The van der Waals surface area contributed by atoms with Crippen LogP contribution in [0.1, 0.15) is 24.7 Å². The van der Waals surface area contributed by atoms with Crippen molar-refractivity contribution < 1.29 is 9.72 Å². The van der Waals surface area contributed by atoms with Crippen molar-refractivity contribution in [2.75, 3.05) is 0 Å². The molecule has 0 fully saturated rings. The zero-order valence-electron chi connectivity index (χ0n) is 8.69. The Balaban J connectivity index is 2.91. The molecule has 15 heavy (non-hydrogen) atoms. The average molecular weight is 208 g/mol. The van der Waals surface area contributed by atoms with E-state index in [2.05, 4.69) is 4.98 Å². The molecule has 0 saturated carbocycles. The maximum absolute atomic E-state index is 11.1. The molecule has 0 spiro atoms. The molecule has 0 saturated heterocycles. The molecule has 0 N–H and O–H groups in total. The SMILES string of the molecule is CCC(=O)Cc1ccc([N+](=O)[O-])c(C)n1. The van der Waals surface area contributed by atoms with Gasteiger partial charge in [-0.1, -0.05) is 6.92 Å². The lowest BCUT2D eigenvalue weighted by molar-refractivity contribution is -0.385. The van der Waals surface area contributed by atoms with Gasteiger partial charge >= 0.3 is 0 Å². The number of nitrogens with zero attached hydrogens (tertiary/aromatic N) is 2. The maximum Gasteiger partial charge on any atom is 0.290 e. The molecule has 0 aliphatic rings. The van der Waals surface area contributed by atoms with Crippen LogP contribution < -0.4 is 0 Å². The third-order valence-electron chi connectivity index (χ3n) is 2.08. The first-order valence-corrected chi connectivity index (χ1v) is 4.67. The molecule has 0 amide bonds. The van der Waals surface area contributed by atoms with Crippen molar-refractivity contribution in [3.63, 3.8) is 0 Å². The lowest BCUT2D eigenvalue weighted by Crippen LogP contribution is -2.04. The van der Waals surface area contributed by atoms with E-state index in [1.807, 2.05) is 0 Å². The Morgan fingerprint density at radius 3 is 2.67 bits per heavy atom. The summed E-state index contributed by atoms with van der Waals surface area (Å²) < 4.78 is 0. The van der Waals surface area contributed by atoms with Crippen LogP contribution in [-0.4, -0.2) is 15.7 Å². The molecule has 0 aliphatic carbocycles. The monoisotopic (exact) mass is 208 g/mol. The molecule has 1 aromatic rings. The van der Waals surface area contributed by atoms with E-state index >= 15 is 0 Å². The minimum Gasteiger partial charge on any atom is -0.299 e. The van der Waals surface area contributed by atoms with Crippen molar-refractivity contribution in [1.82, 2.24) is 4.98 Å². The smallest absolute Gasteiger partial charge is 0.290 e. The molecular weight excluding hydrogens is 196 g/mol. The molecule has 80 valence electrons. The van der Waals surface area contributed by atoms with Gasteiger partial charge < -0.3 is 0 Å². The lowest BCUT2D eigenvalue weighted by Gasteiger charge is -2.00. The standard InChI is InChI=1S/C10H12N2O3/c1-3-9(13)6-8-4-5-10(12(14)15)7(2)11-8/h4-5H,3,6H2,1-2H3. The van der Waals surface area contributed by atoms with Gasteiger partial charge in [-0.3, -0.25) is 19.9 Å². The molecule has 0 radical (unpaired) electrons. The van der Waals surface area contributed by atoms with Crippen LogP contribution in [0.2, 0.25) is 0 Å². The molecular formula is C10H12N2O3. The average Bonchev–Trinajstić information content (AvgIpc) is 2.17. The number of rotatable bonds is 4. The van der Waals surface area contributed by atoms with Gasteiger partial charge in [-0.25, -0.2) is 0 Å². The van der Waals surface area contributed by atoms with E-state index in [-0.39, 0.29) is 17.9 Å². The van der Waals surface area contributed by atoms with Crippen molar-refractivity contribution in [3.05, 3.63) is 33.6 Å². The van der Waals surface area contributed by atoms with E-state index < -0.39 is 4.92 Å². The number of pyridine rings is 1. The normalized spacial score (nSPS) is 10.0. The third-order valence-corrected chi connectivity index (χ3v) is 2.08. The second kappa shape index (κ2) is 4.63. The summed E-state index contributed by atoms with van der Waals surface area (Å²) in [5.41, 5.74) is 0.925. The van der Waals surface area contributed by atoms with E-state index in [0.29, 0.717) is 17.8 Å². The molecule has 0 aliphatic heterocycles. The Labute approximate surface area is 87.3 Å². The summed E-state index contributed by atoms with van der Waals surface area (Å²) in [6.45, 7) is 3.35. The van der Waals surface area contributed by atoms with Crippen LogP contribution in [0.5, 0.6) is 0 Å². The van der Waals surface area contributed by atoms with E-state index in [9.17, 15) is 14.9 Å². The summed E-state index contributed by atoms with van der Waals surface area (Å²) in [7, 11) is 0. The van der Waals surface area contributed by atoms with Gasteiger partial charge in [0.15, 0.2) is 0 Å². The van der Waals surface area contributed by atoms with Gasteiger partial charge in [-0.15, -0.1) is 0 Å². The minimum atomic E-state index is -0.478. The molecule has 1 heterocycles. The number of ketones is 1. The second-order valence-electron chi connectivity index (χ2n) is 3.23. The highest BCUT2D eigenvalue weighted by Gasteiger charge is 2.12. The molecule has 5 nitrogen and oxygen atoms in total. The highest BCUT2D eigenvalue weighted by atomic mass is 16.6. The first-order valence-electron chi connectivity index (χ1n) is 4.67. The zero-order chi connectivity index (χ0) is 11.4. The van der Waals surface area contributed by atoms with E-state index in [1.165, 1.54) is 12.1 Å². The summed E-state index contributed by atoms with van der Waals surface area (Å²) in [4.78, 5) is 25.2. The summed E-state index contributed by atoms with van der Waals surface area (Å²) in [5.74, 6) is 0.0794. The molecule has 0 atom stereocenters. The molecule has 0 bridgehead atoms. The first-order chi connectivity index (χ1) is 7.04. The van der Waals surface area contributed by atoms with Gasteiger partial charge in [-0.2, -0.15) is 0 Å². The summed E-state index contributed by atoms with van der Waals surface area (Å²) in [5, 5.41) is 10.5. The molecule has 0 aromatic carbocycles. The van der Waals surface area contributed by atoms with Crippen molar-refractivity contribution >= 4 is 11.5 Å². The van der Waals surface area contributed by atoms with Crippen molar-refractivity contribution in [2.24, 2.45) is 0 Å². The summed E-state index contributed by atoms with van der Waals surface area (Å²) in [6, 6.07) is 2.92. The van der Waals surface area contributed by atoms with Crippen LogP contribution in [0.3, 0.4) is 0 Å². The Morgan fingerprint density at radius 2 is 2.20 bits per heavy atom. The number of hydrogen-bond donors (Lipinski definition) is 0. The summed E-state index contributed by atoms with van der Waals surface area (Å²) in [6.07, 6.45) is 0.701. The van der Waals surface area contributed by atoms with Crippen LogP contribution in [0, 0.1) is 17.0 Å². The molecule has 0 unspecified atom stereocenters. The third kappa shape index (κ3) is 2.83. The molecule has 1 aromatic heterocycles. The fraction of sp³-hybridized carbons (Fsp3) is 0.400. The highest BCUT2D eigenvalue weighted by Crippen LogP contribution is 2.15. The van der Waals surface area contributed by atoms with Gasteiger partial charge in [-0.05, 0) is 13.0 Å². The topological polar surface area (TPSA) is 73.1 Å². The quantitative estimate of drug-likeness (QED) is 0.558. The lowest BCUT2D eigenvalue weighted by atomic mass is 10.1. The molecule has 5 heteroatoms. The van der Waals surface area contributed by atoms with Crippen molar-refractivity contribution in [2.45, 2.75) is 26.7 Å². The van der Waals surface area contributed by atoms with E-state index in [4.69, 9.17) is 0 Å². The van der Waals surface area contributed by atoms with Crippen molar-refractivity contribution in [3.8, 4) is 0 Å². The molecule has 1 rings (SSSR count). The van der Waals surface area contributed by atoms with Gasteiger partial charge in [0.1, 0.15) is 11.5 Å². The fourth-order valence-electron chi connectivity index (χ4n) is 1.22. The van der Waals surface area contributed by atoms with Gasteiger partial charge in [0.05, 0.1) is 4.92 Å². The highest BCUT2D eigenvalue weighted by molar-refractivity contribution is 5.80. The largest absolute Gasteiger partial charge is 0.299 e. The first kappa shape index (κ1) is 11.3. The number of carbonyl (C=O) groups excluding carboxylic acids is 1. The van der Waals surface area contributed by atoms with Crippen LogP contribution in [0.15, 0.2) is 12.1 Å². The fourth-order valence-corrected chi connectivity index (χ4v) is 1.22. The Morgan fingerprint density at radius 1 is 1.53 bits per heavy atom. The van der Waals surface area contributed by atoms with Crippen molar-refractivity contribution in [1.29, 1.82) is 0 Å². The number of Topliss-reactive ketones (excluding diaryl/α,β-unsaturated/α-hetero) is 1. The second-order valence-corrected chi connectivity index (χ2v) is 3.23. The zero-order valence-corrected chi connectivity index (χ0v) is 8.69. The van der Waals surface area contributed by atoms with Gasteiger partial charge in [0.2, 0.25) is 0 Å². The van der Waals surface area contributed by atoms with E-state index in [1.54, 1.807) is 13.8 Å². The number of carbonyl (C=O) groups is 1. The van der Waals surface area contributed by atoms with Gasteiger partial charge in [0, 0.05) is 24.6 Å². The maximum atomic E-state index is 11.1. The van der Waals surface area contributed by atoms with Crippen LogP contribution in [0.4, 0.5) is 5.69 Å². The Hall–Kier alpha value is -1.78. The Kier molecular flexibility index (Phi) is 3.49. The minimum absolute atomic E-state index is 0.0114. The van der Waals surface area contributed by atoms with E-state index in [0.717, 1.165) is 0 Å². The number of hydrogen-bond acceptors (Lipinski definition) is 4. The number of aryl methyl sites for hydroxylation is 1. The Bertz CT molecular complexity index is 402. The predicted molar refractivity (Wildman–Crippen MR) is 54.6 cm³/mol. The van der Waals surface area contributed by atoms with Crippen LogP contribution in [0.25, 0.3) is 0 Å². The predicted octanol–water partition coefficient (Wildman–Crippen LogP) is 1.82.